The van der Waals surface area contributed by atoms with E-state index in [2.05, 4.69) is 21.0 Å². The first-order valence-corrected chi connectivity index (χ1v) is 9.57. The summed E-state index contributed by atoms with van der Waals surface area (Å²) in [5, 5.41) is 15.3. The Labute approximate surface area is 134 Å². The number of aromatic carboxylic acids is 1. The van der Waals surface area contributed by atoms with E-state index < -0.39 is 15.8 Å². The standard InChI is InChI=1S/C12H13BrN2O4S2/c1-2-21(18,19)4-3-15-6-9(12(16)17)11(14-15)10-5-8(13)7-20-10/h5-7H,2-4H2,1H3,(H,16,17). The largest absolute Gasteiger partial charge is 0.478 e. The first kappa shape index (κ1) is 16.2. The van der Waals surface area contributed by atoms with Gasteiger partial charge in [-0.15, -0.1) is 11.3 Å². The number of carboxylic acids is 1. The van der Waals surface area contributed by atoms with Crippen LogP contribution in [0.5, 0.6) is 0 Å². The van der Waals surface area contributed by atoms with Gasteiger partial charge in [0.25, 0.3) is 0 Å². The molecule has 0 aliphatic heterocycles. The fourth-order valence-corrected chi connectivity index (χ4v) is 3.87. The molecule has 2 aromatic rings. The van der Waals surface area contributed by atoms with Gasteiger partial charge in [-0.3, -0.25) is 4.68 Å². The van der Waals surface area contributed by atoms with Crippen LogP contribution in [0.2, 0.25) is 0 Å². The molecule has 0 amide bonds. The highest BCUT2D eigenvalue weighted by Gasteiger charge is 2.19. The number of nitrogens with zero attached hydrogens (tertiary/aromatic N) is 2. The van der Waals surface area contributed by atoms with Gasteiger partial charge < -0.3 is 5.11 Å². The lowest BCUT2D eigenvalue weighted by molar-refractivity contribution is 0.0697. The smallest absolute Gasteiger partial charge is 0.339 e. The Kier molecular flexibility index (Phi) is 4.84. The highest BCUT2D eigenvalue weighted by Crippen LogP contribution is 2.31. The number of hydrogen-bond acceptors (Lipinski definition) is 5. The number of carbonyl (C=O) groups is 1. The predicted octanol–water partition coefficient (Wildman–Crippen LogP) is 2.51. The lowest BCUT2D eigenvalue weighted by Gasteiger charge is -2.01. The summed E-state index contributed by atoms with van der Waals surface area (Å²) in [5.74, 6) is -1.08. The van der Waals surface area contributed by atoms with E-state index in [1.54, 1.807) is 13.0 Å². The van der Waals surface area contributed by atoms with Crippen LogP contribution in [0.1, 0.15) is 17.3 Å². The molecule has 2 heterocycles. The monoisotopic (exact) mass is 392 g/mol. The van der Waals surface area contributed by atoms with E-state index in [4.69, 9.17) is 0 Å². The predicted molar refractivity (Wildman–Crippen MR) is 84.5 cm³/mol. The van der Waals surface area contributed by atoms with Crippen LogP contribution in [0, 0.1) is 0 Å². The van der Waals surface area contributed by atoms with Crippen molar-refractivity contribution in [1.82, 2.24) is 9.78 Å². The summed E-state index contributed by atoms with van der Waals surface area (Å²) in [6, 6.07) is 1.78. The lowest BCUT2D eigenvalue weighted by Crippen LogP contribution is -2.14. The summed E-state index contributed by atoms with van der Waals surface area (Å²) in [7, 11) is -3.12. The third-order valence-electron chi connectivity index (χ3n) is 2.86. The fourth-order valence-electron chi connectivity index (χ4n) is 1.69. The van der Waals surface area contributed by atoms with Gasteiger partial charge in [0, 0.05) is 21.8 Å². The molecule has 0 radical (unpaired) electrons. The van der Waals surface area contributed by atoms with Crippen molar-refractivity contribution in [2.24, 2.45) is 0 Å². The van der Waals surface area contributed by atoms with Crippen LogP contribution in [0.3, 0.4) is 0 Å². The zero-order chi connectivity index (χ0) is 15.6. The van der Waals surface area contributed by atoms with Crippen LogP contribution in [0.4, 0.5) is 0 Å². The van der Waals surface area contributed by atoms with Gasteiger partial charge in [0.2, 0.25) is 0 Å². The van der Waals surface area contributed by atoms with Crippen molar-refractivity contribution in [3.8, 4) is 10.6 Å². The number of carboxylic acid groups (broad SMARTS) is 1. The lowest BCUT2D eigenvalue weighted by atomic mass is 10.2. The molecule has 21 heavy (non-hydrogen) atoms. The number of aromatic nitrogens is 2. The van der Waals surface area contributed by atoms with Crippen LogP contribution in [-0.4, -0.2) is 40.8 Å². The maximum absolute atomic E-state index is 11.5. The molecule has 1 N–H and O–H groups in total. The number of halogens is 1. The summed E-state index contributed by atoms with van der Waals surface area (Å²) in [4.78, 5) is 12.0. The first-order valence-electron chi connectivity index (χ1n) is 6.08. The Morgan fingerprint density at radius 1 is 1.52 bits per heavy atom. The summed E-state index contributed by atoms with van der Waals surface area (Å²) >= 11 is 4.68. The number of aryl methyl sites for hydroxylation is 1. The Hall–Kier alpha value is -1.19. The topological polar surface area (TPSA) is 89.3 Å². The van der Waals surface area contributed by atoms with E-state index in [1.165, 1.54) is 22.2 Å². The average Bonchev–Trinajstić information content (AvgIpc) is 3.02. The van der Waals surface area contributed by atoms with E-state index in [0.29, 0.717) is 5.69 Å². The van der Waals surface area contributed by atoms with Crippen molar-refractivity contribution in [3.05, 3.63) is 27.7 Å². The molecular weight excluding hydrogens is 380 g/mol. The highest BCUT2D eigenvalue weighted by atomic mass is 79.9. The molecule has 6 nitrogen and oxygen atoms in total. The molecule has 2 aromatic heterocycles. The minimum absolute atomic E-state index is 0.0577. The molecule has 0 fully saturated rings. The number of sulfone groups is 1. The van der Waals surface area contributed by atoms with Gasteiger partial charge in [0.05, 0.1) is 17.2 Å². The molecule has 0 spiro atoms. The second kappa shape index (κ2) is 6.29. The Balaban J connectivity index is 2.32. The Morgan fingerprint density at radius 3 is 2.76 bits per heavy atom. The number of rotatable bonds is 6. The second-order valence-electron chi connectivity index (χ2n) is 4.33. The fraction of sp³-hybridized carbons (Fsp3) is 0.333. The van der Waals surface area contributed by atoms with Crippen LogP contribution >= 0.6 is 27.3 Å². The van der Waals surface area contributed by atoms with E-state index in [0.717, 1.165) is 9.35 Å². The third kappa shape index (κ3) is 3.92. The van der Waals surface area contributed by atoms with Gasteiger partial charge >= 0.3 is 5.97 Å². The van der Waals surface area contributed by atoms with Crippen molar-refractivity contribution in [2.75, 3.05) is 11.5 Å². The van der Waals surface area contributed by atoms with Gasteiger partial charge in [-0.2, -0.15) is 5.10 Å². The SMILES string of the molecule is CCS(=O)(=O)CCn1cc(C(=O)O)c(-c2cc(Br)cs2)n1. The first-order chi connectivity index (χ1) is 9.82. The highest BCUT2D eigenvalue weighted by molar-refractivity contribution is 9.10. The van der Waals surface area contributed by atoms with Crippen LogP contribution in [0.25, 0.3) is 10.6 Å². The van der Waals surface area contributed by atoms with Crippen molar-refractivity contribution in [3.63, 3.8) is 0 Å². The van der Waals surface area contributed by atoms with Crippen molar-refractivity contribution < 1.29 is 18.3 Å². The van der Waals surface area contributed by atoms with Crippen molar-refractivity contribution in [2.45, 2.75) is 13.5 Å². The van der Waals surface area contributed by atoms with Gasteiger partial charge in [0.15, 0.2) is 9.84 Å². The molecular formula is C12H13BrN2O4S2. The molecule has 0 unspecified atom stereocenters. The molecule has 114 valence electrons. The maximum atomic E-state index is 11.5. The summed E-state index contributed by atoms with van der Waals surface area (Å²) in [6.07, 6.45) is 1.37. The molecule has 0 saturated carbocycles. The van der Waals surface area contributed by atoms with E-state index >= 15 is 0 Å². The molecule has 0 aromatic carbocycles. The summed E-state index contributed by atoms with van der Waals surface area (Å²) in [6.45, 7) is 1.72. The van der Waals surface area contributed by atoms with Gasteiger partial charge in [0.1, 0.15) is 11.3 Å². The van der Waals surface area contributed by atoms with Gasteiger partial charge in [-0.1, -0.05) is 6.92 Å². The summed E-state index contributed by atoms with van der Waals surface area (Å²) in [5.41, 5.74) is 0.422. The molecule has 0 saturated heterocycles. The minimum atomic E-state index is -3.12. The van der Waals surface area contributed by atoms with E-state index in [1.807, 2.05) is 5.38 Å². The normalized spacial score (nSPS) is 11.7. The number of thiophene rings is 1. The maximum Gasteiger partial charge on any atom is 0.339 e. The van der Waals surface area contributed by atoms with Gasteiger partial charge in [-0.05, 0) is 22.0 Å². The summed E-state index contributed by atoms with van der Waals surface area (Å²) < 4.78 is 25.2. The van der Waals surface area contributed by atoms with E-state index in [-0.39, 0.29) is 23.6 Å². The minimum Gasteiger partial charge on any atom is -0.478 e. The molecule has 9 heteroatoms. The Morgan fingerprint density at radius 2 is 2.24 bits per heavy atom. The second-order valence-corrected chi connectivity index (χ2v) is 8.62. The molecule has 0 aliphatic rings. The van der Waals surface area contributed by atoms with Gasteiger partial charge in [-0.25, -0.2) is 13.2 Å². The molecule has 0 aliphatic carbocycles. The van der Waals surface area contributed by atoms with Crippen LogP contribution in [-0.2, 0) is 16.4 Å². The molecule has 2 rings (SSSR count). The van der Waals surface area contributed by atoms with Crippen LogP contribution < -0.4 is 0 Å². The van der Waals surface area contributed by atoms with Crippen molar-refractivity contribution in [1.29, 1.82) is 0 Å². The number of hydrogen-bond donors (Lipinski definition) is 1. The third-order valence-corrected chi connectivity index (χ3v) is 6.25. The average molecular weight is 393 g/mol. The van der Waals surface area contributed by atoms with E-state index in [9.17, 15) is 18.3 Å². The molecule has 0 atom stereocenters. The quantitative estimate of drug-likeness (QED) is 0.815. The molecule has 0 bridgehead atoms. The zero-order valence-electron chi connectivity index (χ0n) is 11.1. The zero-order valence-corrected chi connectivity index (χ0v) is 14.3. The van der Waals surface area contributed by atoms with Crippen LogP contribution in [0.15, 0.2) is 22.1 Å². The Bertz CT molecular complexity index is 764. The van der Waals surface area contributed by atoms with Crippen molar-refractivity contribution >= 4 is 43.1 Å².